The van der Waals surface area contributed by atoms with Crippen LogP contribution < -0.4 is 5.32 Å². The summed E-state index contributed by atoms with van der Waals surface area (Å²) in [5.74, 6) is -0.0366. The summed E-state index contributed by atoms with van der Waals surface area (Å²) in [5, 5.41) is 2.92. The third-order valence-corrected chi connectivity index (χ3v) is 5.30. The number of esters is 1. The minimum absolute atomic E-state index is 0.115. The van der Waals surface area contributed by atoms with Crippen molar-refractivity contribution in [2.75, 3.05) is 20.2 Å². The van der Waals surface area contributed by atoms with E-state index in [4.69, 9.17) is 0 Å². The van der Waals surface area contributed by atoms with Crippen molar-refractivity contribution >= 4 is 17.8 Å². The topological polar surface area (TPSA) is 75.7 Å². The molecular formula is C20H26N2O4. The predicted octanol–water partition coefficient (Wildman–Crippen LogP) is 2.38. The molecular weight excluding hydrogens is 332 g/mol. The molecule has 0 radical (unpaired) electrons. The van der Waals surface area contributed by atoms with Gasteiger partial charge in [0.05, 0.1) is 18.7 Å². The van der Waals surface area contributed by atoms with Crippen LogP contribution in [-0.2, 0) is 9.53 Å². The van der Waals surface area contributed by atoms with Gasteiger partial charge in [0, 0.05) is 25.1 Å². The number of likely N-dealkylation sites (tertiary alicyclic amines) is 1. The summed E-state index contributed by atoms with van der Waals surface area (Å²) < 4.78 is 4.68. The van der Waals surface area contributed by atoms with E-state index < -0.39 is 5.97 Å². The number of amides is 2. The molecule has 1 heterocycles. The average molecular weight is 358 g/mol. The molecule has 1 aromatic rings. The largest absolute Gasteiger partial charge is 0.465 e. The van der Waals surface area contributed by atoms with Gasteiger partial charge in [0.1, 0.15) is 0 Å². The molecule has 1 aromatic carbocycles. The molecule has 140 valence electrons. The molecule has 1 aliphatic carbocycles. The van der Waals surface area contributed by atoms with Crippen molar-refractivity contribution < 1.29 is 19.1 Å². The fourth-order valence-electron chi connectivity index (χ4n) is 3.90. The number of ether oxygens (including phenoxy) is 1. The highest BCUT2D eigenvalue weighted by molar-refractivity contribution is 5.98. The van der Waals surface area contributed by atoms with Crippen LogP contribution in [0.1, 0.15) is 59.2 Å². The Morgan fingerprint density at radius 2 is 1.92 bits per heavy atom. The Bertz CT molecular complexity index is 682. The van der Waals surface area contributed by atoms with E-state index in [-0.39, 0.29) is 17.9 Å². The molecule has 2 aliphatic rings. The molecule has 1 saturated carbocycles. The lowest BCUT2D eigenvalue weighted by Crippen LogP contribution is -2.38. The second-order valence-corrected chi connectivity index (χ2v) is 7.25. The highest BCUT2D eigenvalue weighted by atomic mass is 16.5. The summed E-state index contributed by atoms with van der Waals surface area (Å²) in [6, 6.07) is 6.24. The van der Waals surface area contributed by atoms with Gasteiger partial charge >= 0.3 is 5.97 Å². The van der Waals surface area contributed by atoms with Crippen molar-refractivity contribution in [3.8, 4) is 0 Å². The molecule has 0 spiro atoms. The SMILES string of the molecule is COC(=O)c1cccc(C(=O)N[C@@H]2CC(=O)N(CC3CCCCC3)C2)c1. The first-order valence-corrected chi connectivity index (χ1v) is 9.34. The first-order valence-electron chi connectivity index (χ1n) is 9.34. The molecule has 1 aliphatic heterocycles. The highest BCUT2D eigenvalue weighted by Gasteiger charge is 2.32. The van der Waals surface area contributed by atoms with Crippen LogP contribution in [0.25, 0.3) is 0 Å². The molecule has 1 atom stereocenters. The van der Waals surface area contributed by atoms with Crippen molar-refractivity contribution in [3.63, 3.8) is 0 Å². The summed E-state index contributed by atoms with van der Waals surface area (Å²) in [5.41, 5.74) is 0.729. The van der Waals surface area contributed by atoms with Gasteiger partial charge in [-0.25, -0.2) is 4.79 Å². The number of nitrogens with one attached hydrogen (secondary N) is 1. The number of hydrogen-bond acceptors (Lipinski definition) is 4. The average Bonchev–Trinajstić information content (AvgIpc) is 3.00. The van der Waals surface area contributed by atoms with Crippen molar-refractivity contribution in [2.24, 2.45) is 5.92 Å². The molecule has 2 amide bonds. The number of benzene rings is 1. The van der Waals surface area contributed by atoms with Crippen LogP contribution in [0, 0.1) is 5.92 Å². The lowest BCUT2D eigenvalue weighted by molar-refractivity contribution is -0.128. The molecule has 3 rings (SSSR count). The lowest BCUT2D eigenvalue weighted by Gasteiger charge is -2.27. The molecule has 2 fully saturated rings. The van der Waals surface area contributed by atoms with Gasteiger partial charge in [-0.3, -0.25) is 9.59 Å². The zero-order valence-electron chi connectivity index (χ0n) is 15.2. The van der Waals surface area contributed by atoms with Gasteiger partial charge in [-0.15, -0.1) is 0 Å². The molecule has 6 nitrogen and oxygen atoms in total. The minimum Gasteiger partial charge on any atom is -0.465 e. The Balaban J connectivity index is 1.56. The van der Waals surface area contributed by atoms with Crippen LogP contribution in [0.4, 0.5) is 0 Å². The number of carbonyl (C=O) groups is 3. The van der Waals surface area contributed by atoms with Gasteiger partial charge in [-0.05, 0) is 37.0 Å². The van der Waals surface area contributed by atoms with Crippen LogP contribution in [0.5, 0.6) is 0 Å². The molecule has 26 heavy (non-hydrogen) atoms. The van der Waals surface area contributed by atoms with E-state index in [2.05, 4.69) is 10.1 Å². The number of rotatable bonds is 5. The second-order valence-electron chi connectivity index (χ2n) is 7.25. The van der Waals surface area contributed by atoms with Gasteiger partial charge in [-0.1, -0.05) is 25.3 Å². The lowest BCUT2D eigenvalue weighted by atomic mass is 9.89. The molecule has 1 N–H and O–H groups in total. The second kappa shape index (κ2) is 8.34. The Hall–Kier alpha value is -2.37. The van der Waals surface area contributed by atoms with Gasteiger partial charge in [0.2, 0.25) is 5.91 Å². The van der Waals surface area contributed by atoms with E-state index in [0.717, 1.165) is 6.54 Å². The summed E-state index contributed by atoms with van der Waals surface area (Å²) in [4.78, 5) is 38.2. The predicted molar refractivity (Wildman–Crippen MR) is 96.8 cm³/mol. The van der Waals surface area contributed by atoms with Crippen molar-refractivity contribution in [1.82, 2.24) is 10.2 Å². The van der Waals surface area contributed by atoms with E-state index >= 15 is 0 Å². The van der Waals surface area contributed by atoms with Crippen molar-refractivity contribution in [2.45, 2.75) is 44.6 Å². The maximum atomic E-state index is 12.5. The van der Waals surface area contributed by atoms with E-state index in [1.807, 2.05) is 4.90 Å². The van der Waals surface area contributed by atoms with Crippen molar-refractivity contribution in [1.29, 1.82) is 0 Å². The van der Waals surface area contributed by atoms with Crippen LogP contribution in [-0.4, -0.2) is 48.9 Å². The van der Waals surface area contributed by atoms with Crippen LogP contribution >= 0.6 is 0 Å². The smallest absolute Gasteiger partial charge is 0.337 e. The van der Waals surface area contributed by atoms with E-state index in [0.29, 0.717) is 30.0 Å². The normalized spacial score (nSPS) is 20.9. The summed E-state index contributed by atoms with van der Waals surface area (Å²) in [6.45, 7) is 1.38. The monoisotopic (exact) mass is 358 g/mol. The Morgan fingerprint density at radius 3 is 2.65 bits per heavy atom. The maximum Gasteiger partial charge on any atom is 0.337 e. The Morgan fingerprint density at radius 1 is 1.19 bits per heavy atom. The summed E-state index contributed by atoms with van der Waals surface area (Å²) in [7, 11) is 1.31. The number of hydrogen-bond donors (Lipinski definition) is 1. The number of carbonyl (C=O) groups excluding carboxylic acids is 3. The fraction of sp³-hybridized carbons (Fsp3) is 0.550. The standard InChI is InChI=1S/C20H26N2O4/c1-26-20(25)16-9-5-8-15(10-16)19(24)21-17-11-18(23)22(13-17)12-14-6-3-2-4-7-14/h5,8-10,14,17H,2-4,6-7,11-13H2,1H3,(H,21,24)/t17-/m1/s1. The zero-order valence-corrected chi connectivity index (χ0v) is 15.2. The molecule has 1 saturated heterocycles. The van der Waals surface area contributed by atoms with Crippen LogP contribution in [0.2, 0.25) is 0 Å². The third-order valence-electron chi connectivity index (χ3n) is 5.30. The Kier molecular flexibility index (Phi) is 5.91. The van der Waals surface area contributed by atoms with Crippen LogP contribution in [0.15, 0.2) is 24.3 Å². The molecule has 0 unspecified atom stereocenters. The quantitative estimate of drug-likeness (QED) is 0.820. The minimum atomic E-state index is -0.477. The van der Waals surface area contributed by atoms with Gasteiger partial charge in [0.15, 0.2) is 0 Å². The number of nitrogens with zero attached hydrogens (tertiary/aromatic N) is 1. The molecule has 6 heteroatoms. The fourth-order valence-corrected chi connectivity index (χ4v) is 3.90. The van der Waals surface area contributed by atoms with Gasteiger partial charge in [0.25, 0.3) is 5.91 Å². The number of methoxy groups -OCH3 is 1. The molecule has 0 aromatic heterocycles. The first kappa shape index (κ1) is 18.4. The van der Waals surface area contributed by atoms with Crippen LogP contribution in [0.3, 0.4) is 0 Å². The zero-order chi connectivity index (χ0) is 18.5. The van der Waals surface area contributed by atoms with E-state index in [9.17, 15) is 14.4 Å². The van der Waals surface area contributed by atoms with Gasteiger partial charge < -0.3 is 15.0 Å². The molecule has 0 bridgehead atoms. The van der Waals surface area contributed by atoms with E-state index in [1.54, 1.807) is 18.2 Å². The summed E-state index contributed by atoms with van der Waals surface area (Å²) in [6.07, 6.45) is 6.54. The first-order chi connectivity index (χ1) is 12.6. The highest BCUT2D eigenvalue weighted by Crippen LogP contribution is 2.26. The van der Waals surface area contributed by atoms with Gasteiger partial charge in [-0.2, -0.15) is 0 Å². The summed E-state index contributed by atoms with van der Waals surface area (Å²) >= 11 is 0. The third kappa shape index (κ3) is 4.42. The van der Waals surface area contributed by atoms with E-state index in [1.165, 1.54) is 45.3 Å². The maximum absolute atomic E-state index is 12.5. The van der Waals surface area contributed by atoms with Crippen molar-refractivity contribution in [3.05, 3.63) is 35.4 Å². The Labute approximate surface area is 153 Å².